The molecule has 0 aliphatic carbocycles. The summed E-state index contributed by atoms with van der Waals surface area (Å²) in [5.41, 5.74) is 1.64. The van der Waals surface area contributed by atoms with E-state index in [1.165, 1.54) is 32.0 Å². The maximum atomic E-state index is 14.0. The number of carbonyl (C=O) groups is 1. The van der Waals surface area contributed by atoms with Gasteiger partial charge in [0.25, 0.3) is 5.56 Å². The van der Waals surface area contributed by atoms with Gasteiger partial charge in [-0.3, -0.25) is 14.2 Å². The third-order valence-corrected chi connectivity index (χ3v) is 6.36. The molecule has 4 rings (SSSR count). The van der Waals surface area contributed by atoms with Crippen molar-refractivity contribution in [3.05, 3.63) is 82.6 Å². The van der Waals surface area contributed by atoms with Gasteiger partial charge in [0, 0.05) is 23.2 Å². The van der Waals surface area contributed by atoms with Gasteiger partial charge in [0.2, 0.25) is 11.7 Å². The lowest BCUT2D eigenvalue weighted by molar-refractivity contribution is -0.124. The summed E-state index contributed by atoms with van der Waals surface area (Å²) in [7, 11) is 6.15. The maximum Gasteiger partial charge on any atom is 0.252 e. The average molecular weight is 531 g/mol. The Bertz CT molecular complexity index is 1540. The van der Waals surface area contributed by atoms with Gasteiger partial charge in [0.1, 0.15) is 11.8 Å². The van der Waals surface area contributed by atoms with E-state index in [-0.39, 0.29) is 11.5 Å². The van der Waals surface area contributed by atoms with Crippen molar-refractivity contribution in [2.24, 2.45) is 0 Å². The largest absolute Gasteiger partial charge is 0.497 e. The lowest BCUT2D eigenvalue weighted by atomic mass is 9.97. The highest BCUT2D eigenvalue weighted by Gasteiger charge is 2.31. The number of nitrogens with zero attached hydrogens (tertiary/aromatic N) is 1. The number of rotatable bonds is 8. The Labute approximate surface area is 228 Å². The molecule has 204 valence electrons. The number of fused-ring (bicyclic) bond motifs is 1. The predicted octanol–water partition coefficient (Wildman–Crippen LogP) is 5.21. The summed E-state index contributed by atoms with van der Waals surface area (Å²) < 4.78 is 24.0. The molecule has 0 fully saturated rings. The van der Waals surface area contributed by atoms with Gasteiger partial charge in [0.05, 0.1) is 39.3 Å². The van der Waals surface area contributed by atoms with Gasteiger partial charge in [-0.15, -0.1) is 0 Å². The predicted molar refractivity (Wildman–Crippen MR) is 152 cm³/mol. The highest BCUT2D eigenvalue weighted by Crippen LogP contribution is 2.47. The minimum atomic E-state index is -1.00. The second-order valence-electron chi connectivity index (χ2n) is 10.1. The monoisotopic (exact) mass is 530 g/mol. The summed E-state index contributed by atoms with van der Waals surface area (Å²) in [5.74, 6) is 1.44. The lowest BCUT2D eigenvalue weighted by Gasteiger charge is -2.28. The van der Waals surface area contributed by atoms with Crippen LogP contribution in [-0.2, 0) is 4.79 Å². The summed E-state index contributed by atoms with van der Waals surface area (Å²) in [6.07, 6.45) is 0. The number of amides is 1. The Morgan fingerprint density at radius 3 is 2.00 bits per heavy atom. The Hall–Kier alpha value is -4.46. The first-order valence-electron chi connectivity index (χ1n) is 12.5. The van der Waals surface area contributed by atoms with E-state index in [1.807, 2.05) is 51.1 Å². The second-order valence-corrected chi connectivity index (χ2v) is 10.1. The molecule has 8 heteroatoms. The number of hydrogen-bond donors (Lipinski definition) is 1. The van der Waals surface area contributed by atoms with Crippen molar-refractivity contribution in [2.75, 3.05) is 28.4 Å². The third-order valence-electron chi connectivity index (χ3n) is 6.36. The average Bonchev–Trinajstić information content (AvgIpc) is 2.92. The summed E-state index contributed by atoms with van der Waals surface area (Å²) in [6, 6.07) is 18.9. The van der Waals surface area contributed by atoms with Crippen LogP contribution in [0.1, 0.15) is 32.4 Å². The molecule has 0 radical (unpaired) electrons. The summed E-state index contributed by atoms with van der Waals surface area (Å²) >= 11 is 0. The molecule has 0 aliphatic heterocycles. The van der Waals surface area contributed by atoms with E-state index in [1.54, 1.807) is 37.4 Å². The van der Waals surface area contributed by atoms with Gasteiger partial charge in [-0.25, -0.2) is 0 Å². The molecule has 1 atom stereocenters. The maximum absolute atomic E-state index is 14.0. The fourth-order valence-electron chi connectivity index (χ4n) is 4.73. The molecule has 0 bridgehead atoms. The minimum absolute atomic E-state index is 0.336. The SMILES string of the molecule is COc1ccc(C(C(=O)NC(C)(C)C)n2c(=O)cc(-c3ccccc3)c3c(OC)c(OC)c(OC)cc32)cc1. The first-order chi connectivity index (χ1) is 18.6. The van der Waals surface area contributed by atoms with Crippen molar-refractivity contribution < 1.29 is 23.7 Å². The molecule has 1 amide bonds. The number of ether oxygens (including phenoxy) is 4. The van der Waals surface area contributed by atoms with E-state index >= 15 is 0 Å². The Kier molecular flexibility index (Phi) is 7.85. The van der Waals surface area contributed by atoms with Gasteiger partial charge in [-0.05, 0) is 44.0 Å². The third kappa shape index (κ3) is 5.41. The fraction of sp³-hybridized carbons (Fsp3) is 0.290. The van der Waals surface area contributed by atoms with E-state index in [0.29, 0.717) is 45.0 Å². The van der Waals surface area contributed by atoms with Crippen LogP contribution in [0.15, 0.2) is 71.5 Å². The Morgan fingerprint density at radius 1 is 0.821 bits per heavy atom. The van der Waals surface area contributed by atoms with Crippen molar-refractivity contribution in [3.8, 4) is 34.1 Å². The van der Waals surface area contributed by atoms with Crippen LogP contribution in [0.4, 0.5) is 0 Å². The minimum Gasteiger partial charge on any atom is -0.497 e. The smallest absolute Gasteiger partial charge is 0.252 e. The normalized spacial score (nSPS) is 12.1. The lowest BCUT2D eigenvalue weighted by Crippen LogP contribution is -2.46. The Balaban J connectivity index is 2.16. The molecule has 1 N–H and O–H groups in total. The van der Waals surface area contributed by atoms with E-state index in [2.05, 4.69) is 5.32 Å². The Morgan fingerprint density at radius 2 is 1.46 bits per heavy atom. The van der Waals surface area contributed by atoms with Crippen molar-refractivity contribution in [1.29, 1.82) is 0 Å². The molecule has 39 heavy (non-hydrogen) atoms. The molecule has 8 nitrogen and oxygen atoms in total. The van der Waals surface area contributed by atoms with E-state index in [0.717, 1.165) is 5.56 Å². The van der Waals surface area contributed by atoms with Crippen LogP contribution in [0.25, 0.3) is 22.0 Å². The number of carbonyl (C=O) groups excluding carboxylic acids is 1. The second kappa shape index (κ2) is 11.1. The molecule has 1 aromatic heterocycles. The van der Waals surface area contributed by atoms with E-state index in [4.69, 9.17) is 18.9 Å². The molecular formula is C31H34N2O6. The van der Waals surface area contributed by atoms with Crippen LogP contribution >= 0.6 is 0 Å². The topological polar surface area (TPSA) is 88.0 Å². The standard InChI is InChI=1S/C31H34N2O6/c1-31(2,3)32-30(35)27(20-13-15-21(36-4)16-14-20)33-23-18-24(37-5)28(38-6)29(39-7)26(23)22(17-25(33)34)19-11-9-8-10-12-19/h8-18,27H,1-7H3,(H,32,35). The van der Waals surface area contributed by atoms with Gasteiger partial charge < -0.3 is 24.3 Å². The molecular weight excluding hydrogens is 496 g/mol. The van der Waals surface area contributed by atoms with Gasteiger partial charge >= 0.3 is 0 Å². The first kappa shape index (κ1) is 27.6. The zero-order chi connectivity index (χ0) is 28.3. The van der Waals surface area contributed by atoms with Crippen LogP contribution in [0.3, 0.4) is 0 Å². The fourth-order valence-corrected chi connectivity index (χ4v) is 4.73. The van der Waals surface area contributed by atoms with E-state index in [9.17, 15) is 9.59 Å². The van der Waals surface area contributed by atoms with Crippen LogP contribution < -0.4 is 29.8 Å². The van der Waals surface area contributed by atoms with Crippen molar-refractivity contribution in [3.63, 3.8) is 0 Å². The molecule has 0 aliphatic rings. The molecule has 0 saturated carbocycles. The quantitative estimate of drug-likeness (QED) is 0.337. The van der Waals surface area contributed by atoms with Gasteiger partial charge in [-0.1, -0.05) is 42.5 Å². The van der Waals surface area contributed by atoms with Crippen molar-refractivity contribution >= 4 is 16.8 Å². The van der Waals surface area contributed by atoms with Crippen LogP contribution in [0.5, 0.6) is 23.0 Å². The number of pyridine rings is 1. The molecule has 3 aromatic carbocycles. The van der Waals surface area contributed by atoms with E-state index < -0.39 is 11.6 Å². The molecule has 1 heterocycles. The van der Waals surface area contributed by atoms with Crippen LogP contribution in [-0.4, -0.2) is 44.5 Å². The summed E-state index contributed by atoms with van der Waals surface area (Å²) in [6.45, 7) is 5.69. The number of benzene rings is 3. The summed E-state index contributed by atoms with van der Waals surface area (Å²) in [4.78, 5) is 27.9. The number of aromatic nitrogens is 1. The molecule has 0 spiro atoms. The van der Waals surface area contributed by atoms with Crippen LogP contribution in [0, 0.1) is 0 Å². The molecule has 4 aromatic rings. The van der Waals surface area contributed by atoms with Crippen LogP contribution in [0.2, 0.25) is 0 Å². The number of methoxy groups -OCH3 is 4. The highest BCUT2D eigenvalue weighted by atomic mass is 16.5. The first-order valence-corrected chi connectivity index (χ1v) is 12.5. The number of hydrogen-bond acceptors (Lipinski definition) is 6. The van der Waals surface area contributed by atoms with Crippen molar-refractivity contribution in [2.45, 2.75) is 32.4 Å². The summed E-state index contributed by atoms with van der Waals surface area (Å²) in [5, 5.41) is 3.66. The zero-order valence-corrected chi connectivity index (χ0v) is 23.3. The van der Waals surface area contributed by atoms with Gasteiger partial charge in [-0.2, -0.15) is 0 Å². The zero-order valence-electron chi connectivity index (χ0n) is 23.3. The highest BCUT2D eigenvalue weighted by molar-refractivity contribution is 6.03. The number of nitrogens with one attached hydrogen (secondary N) is 1. The van der Waals surface area contributed by atoms with Crippen molar-refractivity contribution in [1.82, 2.24) is 9.88 Å². The van der Waals surface area contributed by atoms with Gasteiger partial charge in [0.15, 0.2) is 11.5 Å². The molecule has 0 saturated heterocycles. The molecule has 1 unspecified atom stereocenters.